The fraction of sp³-hybridized carbons (Fsp3) is 1.00. The summed E-state index contributed by atoms with van der Waals surface area (Å²) < 4.78 is 0. The van der Waals surface area contributed by atoms with Crippen molar-refractivity contribution in [3.63, 3.8) is 0 Å². The van der Waals surface area contributed by atoms with Gasteiger partial charge in [0.1, 0.15) is 0 Å². The first-order valence-electron chi connectivity index (χ1n) is 8.99. The molecule has 0 saturated heterocycles. The number of likely N-dealkylation sites (N-methyl/N-ethyl adjacent to an activating group) is 1. The number of hydrogen-bond acceptors (Lipinski definition) is 2. The zero-order valence-corrected chi connectivity index (χ0v) is 14.3. The Bertz CT molecular complexity index is 285. The number of nitrogens with one attached hydrogen (secondary N) is 1. The minimum Gasteiger partial charge on any atom is -0.312 e. The second-order valence-electron chi connectivity index (χ2n) is 7.74. The van der Waals surface area contributed by atoms with Gasteiger partial charge in [-0.1, -0.05) is 46.0 Å². The Morgan fingerprint density at radius 1 is 1.20 bits per heavy atom. The Morgan fingerprint density at radius 2 is 1.95 bits per heavy atom. The minimum absolute atomic E-state index is 0.405. The van der Waals surface area contributed by atoms with Crippen LogP contribution in [0.1, 0.15) is 71.6 Å². The molecule has 2 nitrogen and oxygen atoms in total. The maximum atomic E-state index is 3.94. The quantitative estimate of drug-likeness (QED) is 0.756. The molecule has 3 atom stereocenters. The van der Waals surface area contributed by atoms with Gasteiger partial charge in [0.25, 0.3) is 0 Å². The van der Waals surface area contributed by atoms with Gasteiger partial charge in [-0.25, -0.2) is 0 Å². The van der Waals surface area contributed by atoms with E-state index in [1.54, 1.807) is 0 Å². The van der Waals surface area contributed by atoms with Crippen LogP contribution in [0.3, 0.4) is 0 Å². The van der Waals surface area contributed by atoms with Crippen LogP contribution in [-0.4, -0.2) is 37.1 Å². The van der Waals surface area contributed by atoms with Crippen LogP contribution in [0, 0.1) is 11.8 Å². The van der Waals surface area contributed by atoms with E-state index in [4.69, 9.17) is 0 Å². The summed E-state index contributed by atoms with van der Waals surface area (Å²) >= 11 is 0. The summed E-state index contributed by atoms with van der Waals surface area (Å²) in [5.41, 5.74) is 0.405. The van der Waals surface area contributed by atoms with Gasteiger partial charge in [0.15, 0.2) is 0 Å². The molecule has 2 saturated carbocycles. The lowest BCUT2D eigenvalue weighted by Crippen LogP contribution is -2.61. The van der Waals surface area contributed by atoms with Crippen LogP contribution in [0.25, 0.3) is 0 Å². The molecule has 20 heavy (non-hydrogen) atoms. The Kier molecular flexibility index (Phi) is 5.92. The first-order chi connectivity index (χ1) is 9.58. The van der Waals surface area contributed by atoms with Gasteiger partial charge < -0.3 is 10.2 Å². The highest BCUT2D eigenvalue weighted by Gasteiger charge is 2.44. The van der Waals surface area contributed by atoms with Gasteiger partial charge in [-0.2, -0.15) is 0 Å². The summed E-state index contributed by atoms with van der Waals surface area (Å²) in [6.07, 6.45) is 12.7. The van der Waals surface area contributed by atoms with E-state index in [2.05, 4.69) is 38.2 Å². The molecule has 2 aliphatic rings. The molecule has 0 aromatic rings. The van der Waals surface area contributed by atoms with Crippen LogP contribution >= 0.6 is 0 Å². The van der Waals surface area contributed by atoms with E-state index in [9.17, 15) is 0 Å². The molecule has 0 spiro atoms. The molecule has 2 rings (SSSR count). The van der Waals surface area contributed by atoms with Gasteiger partial charge in [0, 0.05) is 11.6 Å². The van der Waals surface area contributed by atoms with E-state index in [-0.39, 0.29) is 0 Å². The smallest absolute Gasteiger partial charge is 0.0359 e. The predicted octanol–water partition coefficient (Wildman–Crippen LogP) is 4.06. The lowest BCUT2D eigenvalue weighted by atomic mass is 9.67. The third-order valence-electron chi connectivity index (χ3n) is 5.98. The summed E-state index contributed by atoms with van der Waals surface area (Å²) in [6, 6.07) is 0.700. The predicted molar refractivity (Wildman–Crippen MR) is 88.1 cm³/mol. The summed E-state index contributed by atoms with van der Waals surface area (Å²) in [5.74, 6) is 1.89. The number of nitrogens with zero attached hydrogens (tertiary/aromatic N) is 1. The second-order valence-corrected chi connectivity index (χ2v) is 7.74. The molecule has 3 unspecified atom stereocenters. The van der Waals surface area contributed by atoms with Gasteiger partial charge in [-0.15, -0.1) is 0 Å². The Morgan fingerprint density at radius 3 is 2.45 bits per heavy atom. The fourth-order valence-corrected chi connectivity index (χ4v) is 4.47. The van der Waals surface area contributed by atoms with E-state index in [1.165, 1.54) is 64.3 Å². The Balaban J connectivity index is 2.10. The van der Waals surface area contributed by atoms with Gasteiger partial charge in [-0.3, -0.25) is 0 Å². The molecular formula is C18H36N2. The standard InChI is InChI=1S/C18H36N2/c1-5-12-19-17(13-16-9-6-10-16)18(20(3)4)11-7-8-15(2)14-18/h15-17,19H,5-14H2,1-4H3. The lowest BCUT2D eigenvalue weighted by Gasteiger charge is -2.52. The second kappa shape index (κ2) is 7.26. The Hall–Kier alpha value is -0.0800. The largest absolute Gasteiger partial charge is 0.312 e. The SMILES string of the molecule is CCCNC(CC1CCC1)C1(N(C)C)CCCC(C)C1. The molecule has 0 amide bonds. The number of hydrogen-bond donors (Lipinski definition) is 1. The maximum Gasteiger partial charge on any atom is 0.0359 e. The molecule has 1 N–H and O–H groups in total. The van der Waals surface area contributed by atoms with Crippen molar-refractivity contribution >= 4 is 0 Å². The summed E-state index contributed by atoms with van der Waals surface area (Å²) in [6.45, 7) is 5.93. The lowest BCUT2D eigenvalue weighted by molar-refractivity contribution is 0.0234. The first kappa shape index (κ1) is 16.3. The minimum atomic E-state index is 0.405. The third kappa shape index (κ3) is 3.57. The summed E-state index contributed by atoms with van der Waals surface area (Å²) in [5, 5.41) is 3.94. The van der Waals surface area contributed by atoms with Crippen molar-refractivity contribution in [1.82, 2.24) is 10.2 Å². The van der Waals surface area contributed by atoms with Crippen LogP contribution in [-0.2, 0) is 0 Å². The molecule has 0 aromatic carbocycles. The van der Waals surface area contributed by atoms with Crippen LogP contribution in [0.15, 0.2) is 0 Å². The highest BCUT2D eigenvalue weighted by atomic mass is 15.2. The van der Waals surface area contributed by atoms with E-state index >= 15 is 0 Å². The molecule has 2 aliphatic carbocycles. The maximum absolute atomic E-state index is 3.94. The van der Waals surface area contributed by atoms with Gasteiger partial charge in [-0.05, 0) is 58.2 Å². The van der Waals surface area contributed by atoms with Crippen molar-refractivity contribution in [1.29, 1.82) is 0 Å². The summed E-state index contributed by atoms with van der Waals surface area (Å²) in [7, 11) is 4.64. The van der Waals surface area contributed by atoms with Crippen molar-refractivity contribution in [2.45, 2.75) is 83.2 Å². The first-order valence-corrected chi connectivity index (χ1v) is 8.99. The van der Waals surface area contributed by atoms with Crippen molar-refractivity contribution in [3.05, 3.63) is 0 Å². The molecule has 0 bridgehead atoms. The van der Waals surface area contributed by atoms with Gasteiger partial charge in [0.05, 0.1) is 0 Å². The molecule has 2 heteroatoms. The highest BCUT2D eigenvalue weighted by molar-refractivity contribution is 5.03. The van der Waals surface area contributed by atoms with E-state index in [0.29, 0.717) is 11.6 Å². The average molecular weight is 280 g/mol. The normalized spacial score (nSPS) is 33.1. The highest BCUT2D eigenvalue weighted by Crippen LogP contribution is 2.42. The van der Waals surface area contributed by atoms with Crippen LogP contribution in [0.4, 0.5) is 0 Å². The molecule has 2 fully saturated rings. The molecule has 0 aliphatic heterocycles. The van der Waals surface area contributed by atoms with E-state index in [0.717, 1.165) is 11.8 Å². The van der Waals surface area contributed by atoms with Crippen molar-refractivity contribution in [2.75, 3.05) is 20.6 Å². The molecule has 118 valence electrons. The molecule has 0 radical (unpaired) electrons. The van der Waals surface area contributed by atoms with Crippen LogP contribution in [0.5, 0.6) is 0 Å². The van der Waals surface area contributed by atoms with Crippen molar-refractivity contribution in [3.8, 4) is 0 Å². The van der Waals surface area contributed by atoms with Crippen molar-refractivity contribution in [2.24, 2.45) is 11.8 Å². The van der Waals surface area contributed by atoms with Gasteiger partial charge >= 0.3 is 0 Å². The number of rotatable bonds is 7. The molecule has 0 aromatic heterocycles. The van der Waals surface area contributed by atoms with Gasteiger partial charge in [0.2, 0.25) is 0 Å². The third-order valence-corrected chi connectivity index (χ3v) is 5.98. The van der Waals surface area contributed by atoms with Crippen molar-refractivity contribution < 1.29 is 0 Å². The topological polar surface area (TPSA) is 15.3 Å². The Labute approximate surface area is 126 Å². The summed E-state index contributed by atoms with van der Waals surface area (Å²) in [4.78, 5) is 2.56. The average Bonchev–Trinajstić information content (AvgIpc) is 2.36. The fourth-order valence-electron chi connectivity index (χ4n) is 4.47. The van der Waals surface area contributed by atoms with Crippen LogP contribution < -0.4 is 5.32 Å². The zero-order valence-electron chi connectivity index (χ0n) is 14.3. The zero-order chi connectivity index (χ0) is 14.6. The van der Waals surface area contributed by atoms with Crippen LogP contribution in [0.2, 0.25) is 0 Å². The molecular weight excluding hydrogens is 244 g/mol. The van der Waals surface area contributed by atoms with E-state index < -0.39 is 0 Å². The van der Waals surface area contributed by atoms with E-state index in [1.807, 2.05) is 0 Å². The monoisotopic (exact) mass is 280 g/mol. The molecule has 0 heterocycles.